The molecule has 3 rings (SSSR count). The maximum Gasteiger partial charge on any atom is 0.149 e. The first-order chi connectivity index (χ1) is 10.1. The fraction of sp³-hybridized carbons (Fsp3) is 0.312. The normalized spacial score (nSPS) is 22.2. The third-order valence-electron chi connectivity index (χ3n) is 3.65. The van der Waals surface area contributed by atoms with Crippen molar-refractivity contribution in [2.45, 2.75) is 13.1 Å². The van der Waals surface area contributed by atoms with Crippen molar-refractivity contribution in [3.05, 3.63) is 53.7 Å². The fourth-order valence-electron chi connectivity index (χ4n) is 2.45. The van der Waals surface area contributed by atoms with Gasteiger partial charge in [0.05, 0.1) is 6.17 Å². The maximum absolute atomic E-state index is 14.3. The van der Waals surface area contributed by atoms with E-state index < -0.39 is 5.82 Å². The lowest BCUT2D eigenvalue weighted by Gasteiger charge is -2.29. The average Bonchev–Trinajstić information content (AvgIpc) is 2.49. The van der Waals surface area contributed by atoms with Crippen LogP contribution in [0.15, 0.2) is 36.5 Å². The number of pyridine rings is 1. The van der Waals surface area contributed by atoms with Gasteiger partial charge in [-0.05, 0) is 36.2 Å². The Balaban J connectivity index is 1.84. The van der Waals surface area contributed by atoms with Gasteiger partial charge in [-0.2, -0.15) is 0 Å². The minimum Gasteiger partial charge on any atom is -0.298 e. The monoisotopic (exact) mass is 289 g/mol. The molecule has 0 aliphatic carbocycles. The number of benzene rings is 1. The van der Waals surface area contributed by atoms with Gasteiger partial charge in [-0.25, -0.2) is 8.78 Å². The van der Waals surface area contributed by atoms with Gasteiger partial charge in [0.2, 0.25) is 0 Å². The zero-order valence-electron chi connectivity index (χ0n) is 11.7. The van der Waals surface area contributed by atoms with Crippen LogP contribution < -0.4 is 10.6 Å². The summed E-state index contributed by atoms with van der Waals surface area (Å²) in [4.78, 5) is 4.19. The Morgan fingerprint density at radius 2 is 1.76 bits per heavy atom. The molecule has 2 heterocycles. The van der Waals surface area contributed by atoms with Crippen LogP contribution in [0.2, 0.25) is 0 Å². The van der Waals surface area contributed by atoms with Crippen molar-refractivity contribution in [3.8, 4) is 11.3 Å². The van der Waals surface area contributed by atoms with E-state index in [4.69, 9.17) is 0 Å². The molecule has 5 heteroatoms. The Bertz CT molecular complexity index is 620. The first-order valence-corrected chi connectivity index (χ1v) is 7.01. The number of halogens is 2. The number of nitrogens with zero attached hydrogens (tertiary/aromatic N) is 1. The summed E-state index contributed by atoms with van der Waals surface area (Å²) < 4.78 is 27.2. The molecule has 0 saturated carbocycles. The van der Waals surface area contributed by atoms with E-state index in [9.17, 15) is 8.78 Å². The molecule has 2 N–H and O–H groups in total. The minimum atomic E-state index is -0.402. The van der Waals surface area contributed by atoms with E-state index in [1.54, 1.807) is 6.20 Å². The largest absolute Gasteiger partial charge is 0.298 e. The third-order valence-corrected chi connectivity index (χ3v) is 3.65. The Morgan fingerprint density at radius 3 is 2.38 bits per heavy atom. The molecule has 0 spiro atoms. The van der Waals surface area contributed by atoms with Crippen molar-refractivity contribution in [1.82, 2.24) is 15.6 Å². The number of hydrogen-bond donors (Lipinski definition) is 2. The highest BCUT2D eigenvalue weighted by Crippen LogP contribution is 2.23. The number of hydrogen-bond acceptors (Lipinski definition) is 3. The van der Waals surface area contributed by atoms with Crippen molar-refractivity contribution in [2.75, 3.05) is 13.1 Å². The molecular formula is C16H17F2N3. The highest BCUT2D eigenvalue weighted by atomic mass is 19.1. The summed E-state index contributed by atoms with van der Waals surface area (Å²) in [6.07, 6.45) is 1.58. The molecule has 1 aliphatic rings. The molecule has 1 aromatic carbocycles. The van der Waals surface area contributed by atoms with Crippen molar-refractivity contribution >= 4 is 0 Å². The van der Waals surface area contributed by atoms with E-state index in [1.165, 1.54) is 30.3 Å². The molecular weight excluding hydrogens is 272 g/mol. The van der Waals surface area contributed by atoms with Crippen LogP contribution in [0.25, 0.3) is 11.3 Å². The zero-order valence-corrected chi connectivity index (χ0v) is 11.7. The Morgan fingerprint density at radius 1 is 1.10 bits per heavy atom. The quantitative estimate of drug-likeness (QED) is 0.892. The Labute approximate surface area is 122 Å². The van der Waals surface area contributed by atoms with E-state index in [-0.39, 0.29) is 17.7 Å². The zero-order chi connectivity index (χ0) is 14.8. The molecule has 0 radical (unpaired) electrons. The second-order valence-corrected chi connectivity index (χ2v) is 5.46. The van der Waals surface area contributed by atoms with Crippen LogP contribution in [0.5, 0.6) is 0 Å². The van der Waals surface area contributed by atoms with Crippen LogP contribution in [0.4, 0.5) is 8.78 Å². The minimum absolute atomic E-state index is 0.0783. The molecule has 1 aliphatic heterocycles. The van der Waals surface area contributed by atoms with Gasteiger partial charge in [-0.15, -0.1) is 0 Å². The summed E-state index contributed by atoms with van der Waals surface area (Å²) >= 11 is 0. The van der Waals surface area contributed by atoms with Gasteiger partial charge in [0.15, 0.2) is 0 Å². The lowest BCUT2D eigenvalue weighted by Crippen LogP contribution is -2.45. The molecule has 1 fully saturated rings. The molecule has 110 valence electrons. The van der Waals surface area contributed by atoms with Crippen LogP contribution in [-0.2, 0) is 0 Å². The molecule has 0 amide bonds. The predicted octanol–water partition coefficient (Wildman–Crippen LogP) is 2.85. The summed E-state index contributed by atoms with van der Waals surface area (Å²) in [5.74, 6) is -0.195. The van der Waals surface area contributed by atoms with Gasteiger partial charge in [0.1, 0.15) is 17.3 Å². The van der Waals surface area contributed by atoms with Crippen molar-refractivity contribution < 1.29 is 8.78 Å². The van der Waals surface area contributed by atoms with Crippen molar-refractivity contribution in [3.63, 3.8) is 0 Å². The van der Waals surface area contributed by atoms with Gasteiger partial charge in [-0.1, -0.05) is 6.92 Å². The predicted molar refractivity (Wildman–Crippen MR) is 77.5 cm³/mol. The highest BCUT2D eigenvalue weighted by Gasteiger charge is 2.19. The second kappa shape index (κ2) is 5.87. The summed E-state index contributed by atoms with van der Waals surface area (Å²) in [7, 11) is 0. The van der Waals surface area contributed by atoms with Crippen molar-refractivity contribution in [1.29, 1.82) is 0 Å². The molecule has 1 saturated heterocycles. The van der Waals surface area contributed by atoms with Crippen LogP contribution in [-0.4, -0.2) is 18.1 Å². The number of aromatic nitrogens is 1. The smallest absolute Gasteiger partial charge is 0.149 e. The second-order valence-electron chi connectivity index (χ2n) is 5.46. The topological polar surface area (TPSA) is 37.0 Å². The van der Waals surface area contributed by atoms with Gasteiger partial charge in [0.25, 0.3) is 0 Å². The highest BCUT2D eigenvalue weighted by molar-refractivity contribution is 5.59. The molecule has 21 heavy (non-hydrogen) atoms. The molecule has 0 unspecified atom stereocenters. The summed E-state index contributed by atoms with van der Waals surface area (Å²) in [6.45, 7) is 3.92. The summed E-state index contributed by atoms with van der Waals surface area (Å²) in [5.41, 5.74) is 1.58. The maximum atomic E-state index is 14.3. The molecule has 2 aromatic rings. The van der Waals surface area contributed by atoms with Crippen LogP contribution in [0, 0.1) is 17.6 Å². The first-order valence-electron chi connectivity index (χ1n) is 7.01. The summed E-state index contributed by atoms with van der Waals surface area (Å²) in [6, 6.07) is 7.14. The molecule has 3 nitrogen and oxygen atoms in total. The molecule has 1 aromatic heterocycles. The van der Waals surface area contributed by atoms with Crippen molar-refractivity contribution in [2.24, 2.45) is 5.92 Å². The van der Waals surface area contributed by atoms with E-state index in [1.807, 2.05) is 0 Å². The van der Waals surface area contributed by atoms with E-state index in [0.29, 0.717) is 11.5 Å². The lowest BCUT2D eigenvalue weighted by atomic mass is 10.1. The molecule has 0 bridgehead atoms. The van der Waals surface area contributed by atoms with Crippen LogP contribution in [0.3, 0.4) is 0 Å². The Hall–Kier alpha value is -1.85. The standard InChI is InChI=1S/C16H17F2N3/c1-10-7-20-16(21-8-10)12-6-14(18)15(19-9-12)11-2-4-13(17)5-3-11/h2-6,9-10,16,20-21H,7-8H2,1H3. The first kappa shape index (κ1) is 14.1. The van der Waals surface area contributed by atoms with Gasteiger partial charge < -0.3 is 0 Å². The average molecular weight is 289 g/mol. The van der Waals surface area contributed by atoms with E-state index in [0.717, 1.165) is 18.7 Å². The number of nitrogens with one attached hydrogen (secondary N) is 2. The summed E-state index contributed by atoms with van der Waals surface area (Å²) in [5, 5.41) is 6.62. The van der Waals surface area contributed by atoms with Gasteiger partial charge in [-0.3, -0.25) is 15.6 Å². The SMILES string of the molecule is CC1CNC(c2cnc(-c3ccc(F)cc3)c(F)c2)NC1. The van der Waals surface area contributed by atoms with Gasteiger partial charge in [0, 0.05) is 30.4 Å². The Kier molecular flexibility index (Phi) is 3.94. The van der Waals surface area contributed by atoms with Gasteiger partial charge >= 0.3 is 0 Å². The van der Waals surface area contributed by atoms with Crippen LogP contribution in [0.1, 0.15) is 18.7 Å². The fourth-order valence-corrected chi connectivity index (χ4v) is 2.45. The van der Waals surface area contributed by atoms with Crippen LogP contribution >= 0.6 is 0 Å². The number of rotatable bonds is 2. The third kappa shape index (κ3) is 3.09. The molecule has 0 atom stereocenters. The lowest BCUT2D eigenvalue weighted by molar-refractivity contribution is 0.313. The van der Waals surface area contributed by atoms with E-state index >= 15 is 0 Å². The van der Waals surface area contributed by atoms with E-state index in [2.05, 4.69) is 22.5 Å².